The molecular weight excluding hydrogens is 234 g/mol. The summed E-state index contributed by atoms with van der Waals surface area (Å²) in [7, 11) is 0. The van der Waals surface area contributed by atoms with Gasteiger partial charge in [0.25, 0.3) is 5.91 Å². The number of aryl methyl sites for hydroxylation is 2. The molecule has 1 aromatic carbocycles. The normalized spacial score (nSPS) is 10.2. The minimum absolute atomic E-state index is 0.117. The number of rotatable bonds is 2. The molecular formula is C13H13NO2S. The zero-order valence-corrected chi connectivity index (χ0v) is 10.5. The lowest BCUT2D eigenvalue weighted by molar-refractivity contribution is 0.102. The van der Waals surface area contributed by atoms with Gasteiger partial charge >= 0.3 is 0 Å². The summed E-state index contributed by atoms with van der Waals surface area (Å²) in [6, 6.07) is 5.00. The fourth-order valence-corrected chi connectivity index (χ4v) is 2.35. The largest absolute Gasteiger partial charge is 0.508 e. The Morgan fingerprint density at radius 2 is 2.00 bits per heavy atom. The van der Waals surface area contributed by atoms with Crippen molar-refractivity contribution < 1.29 is 9.90 Å². The third-order valence-electron chi connectivity index (χ3n) is 2.55. The number of benzene rings is 1. The van der Waals surface area contributed by atoms with Crippen molar-refractivity contribution in [1.82, 2.24) is 0 Å². The summed E-state index contributed by atoms with van der Waals surface area (Å²) in [5, 5.41) is 16.0. The molecule has 3 nitrogen and oxygen atoms in total. The maximum absolute atomic E-state index is 11.9. The highest BCUT2D eigenvalue weighted by Crippen LogP contribution is 2.21. The maximum atomic E-state index is 11.9. The van der Waals surface area contributed by atoms with Gasteiger partial charge in [0.1, 0.15) is 5.75 Å². The van der Waals surface area contributed by atoms with Crippen LogP contribution in [0, 0.1) is 13.8 Å². The second kappa shape index (κ2) is 4.59. The van der Waals surface area contributed by atoms with E-state index in [2.05, 4.69) is 5.32 Å². The maximum Gasteiger partial charge on any atom is 0.256 e. The Labute approximate surface area is 104 Å². The quantitative estimate of drug-likeness (QED) is 0.800. The average molecular weight is 247 g/mol. The van der Waals surface area contributed by atoms with E-state index < -0.39 is 0 Å². The van der Waals surface area contributed by atoms with E-state index in [1.165, 1.54) is 11.3 Å². The molecule has 0 radical (unpaired) electrons. The summed E-state index contributed by atoms with van der Waals surface area (Å²) in [5.74, 6) is 0.114. The van der Waals surface area contributed by atoms with Gasteiger partial charge in [-0.25, -0.2) is 0 Å². The Morgan fingerprint density at radius 3 is 2.59 bits per heavy atom. The molecule has 0 unspecified atom stereocenters. The molecule has 2 aromatic rings. The third-order valence-corrected chi connectivity index (χ3v) is 3.42. The number of anilines is 1. The monoisotopic (exact) mass is 247 g/mol. The van der Waals surface area contributed by atoms with Crippen LogP contribution >= 0.6 is 11.3 Å². The molecule has 1 aromatic heterocycles. The third kappa shape index (κ3) is 2.47. The molecule has 0 spiro atoms. The Morgan fingerprint density at radius 1 is 1.24 bits per heavy atom. The molecule has 1 amide bonds. The number of aromatic hydroxyl groups is 1. The molecule has 0 fully saturated rings. The Kier molecular flexibility index (Phi) is 3.15. The zero-order valence-electron chi connectivity index (χ0n) is 9.65. The number of amides is 1. The van der Waals surface area contributed by atoms with Crippen molar-refractivity contribution in [1.29, 1.82) is 0 Å². The highest BCUT2D eigenvalue weighted by Gasteiger charge is 2.10. The van der Waals surface area contributed by atoms with E-state index in [-0.39, 0.29) is 11.7 Å². The smallest absolute Gasteiger partial charge is 0.256 e. The predicted molar refractivity (Wildman–Crippen MR) is 69.9 cm³/mol. The first-order valence-corrected chi connectivity index (χ1v) is 6.16. The first-order chi connectivity index (χ1) is 8.08. The van der Waals surface area contributed by atoms with Crippen LogP contribution in [0.25, 0.3) is 0 Å². The number of hydrogen-bond acceptors (Lipinski definition) is 3. The zero-order chi connectivity index (χ0) is 12.4. The highest BCUT2D eigenvalue weighted by molar-refractivity contribution is 7.08. The van der Waals surface area contributed by atoms with Crippen LogP contribution in [0.5, 0.6) is 5.75 Å². The van der Waals surface area contributed by atoms with Crippen molar-refractivity contribution >= 4 is 22.9 Å². The molecule has 1 heterocycles. The molecule has 0 bridgehead atoms. The van der Waals surface area contributed by atoms with Crippen molar-refractivity contribution in [2.24, 2.45) is 0 Å². The standard InChI is InChI=1S/C13H13NO2S/c1-8-5-10(3-4-12(8)15)14-13(16)11-7-17-6-9(11)2/h3-7,15H,1-2H3,(H,14,16). The van der Waals surface area contributed by atoms with E-state index in [0.29, 0.717) is 11.3 Å². The summed E-state index contributed by atoms with van der Waals surface area (Å²) in [6.07, 6.45) is 0. The van der Waals surface area contributed by atoms with Crippen LogP contribution in [-0.2, 0) is 0 Å². The Bertz CT molecular complexity index is 560. The number of phenols is 1. The lowest BCUT2D eigenvalue weighted by Crippen LogP contribution is -2.12. The topological polar surface area (TPSA) is 49.3 Å². The van der Waals surface area contributed by atoms with Gasteiger partial charge in [-0.2, -0.15) is 11.3 Å². The number of thiophene rings is 1. The summed E-state index contributed by atoms with van der Waals surface area (Å²) in [5.41, 5.74) is 3.10. The van der Waals surface area contributed by atoms with Gasteiger partial charge in [0, 0.05) is 11.1 Å². The number of phenolic OH excluding ortho intramolecular Hbond substituents is 1. The fraction of sp³-hybridized carbons (Fsp3) is 0.154. The number of nitrogens with one attached hydrogen (secondary N) is 1. The van der Waals surface area contributed by atoms with Gasteiger partial charge in [0.2, 0.25) is 0 Å². The number of hydrogen-bond donors (Lipinski definition) is 2. The first kappa shape index (κ1) is 11.7. The van der Waals surface area contributed by atoms with Crippen LogP contribution < -0.4 is 5.32 Å². The van der Waals surface area contributed by atoms with E-state index in [9.17, 15) is 9.90 Å². The highest BCUT2D eigenvalue weighted by atomic mass is 32.1. The molecule has 4 heteroatoms. The van der Waals surface area contributed by atoms with E-state index in [1.54, 1.807) is 25.1 Å². The van der Waals surface area contributed by atoms with Crippen molar-refractivity contribution in [2.75, 3.05) is 5.32 Å². The van der Waals surface area contributed by atoms with Gasteiger partial charge in [-0.05, 0) is 48.6 Å². The molecule has 0 saturated carbocycles. The van der Waals surface area contributed by atoms with Crippen LogP contribution in [0.15, 0.2) is 29.0 Å². The molecule has 2 N–H and O–H groups in total. The molecule has 17 heavy (non-hydrogen) atoms. The van der Waals surface area contributed by atoms with E-state index in [4.69, 9.17) is 0 Å². The summed E-state index contributed by atoms with van der Waals surface area (Å²) in [4.78, 5) is 11.9. The Balaban J connectivity index is 2.19. The summed E-state index contributed by atoms with van der Waals surface area (Å²) < 4.78 is 0. The van der Waals surface area contributed by atoms with Crippen LogP contribution in [0.4, 0.5) is 5.69 Å². The minimum Gasteiger partial charge on any atom is -0.508 e. The molecule has 2 rings (SSSR count). The predicted octanol–water partition coefficient (Wildman–Crippen LogP) is 3.32. The van der Waals surface area contributed by atoms with Crippen LogP contribution in [0.2, 0.25) is 0 Å². The van der Waals surface area contributed by atoms with Gasteiger partial charge in [-0.15, -0.1) is 0 Å². The second-order valence-electron chi connectivity index (χ2n) is 3.92. The van der Waals surface area contributed by atoms with Crippen molar-refractivity contribution in [2.45, 2.75) is 13.8 Å². The summed E-state index contributed by atoms with van der Waals surface area (Å²) >= 11 is 1.51. The number of carbonyl (C=O) groups excluding carboxylic acids is 1. The van der Waals surface area contributed by atoms with Gasteiger partial charge < -0.3 is 10.4 Å². The molecule has 0 atom stereocenters. The molecule has 0 aliphatic rings. The van der Waals surface area contributed by atoms with E-state index >= 15 is 0 Å². The van der Waals surface area contributed by atoms with E-state index in [1.807, 2.05) is 17.7 Å². The molecule has 0 aliphatic heterocycles. The fourth-order valence-electron chi connectivity index (χ4n) is 1.52. The van der Waals surface area contributed by atoms with E-state index in [0.717, 1.165) is 11.1 Å². The first-order valence-electron chi connectivity index (χ1n) is 5.21. The van der Waals surface area contributed by atoms with Crippen molar-refractivity contribution in [3.8, 4) is 5.75 Å². The molecule has 88 valence electrons. The van der Waals surface area contributed by atoms with Gasteiger partial charge in [0.05, 0.1) is 5.56 Å². The molecule has 0 saturated heterocycles. The second-order valence-corrected chi connectivity index (χ2v) is 4.67. The summed E-state index contributed by atoms with van der Waals surface area (Å²) in [6.45, 7) is 3.70. The van der Waals surface area contributed by atoms with Crippen molar-refractivity contribution in [3.63, 3.8) is 0 Å². The minimum atomic E-state index is -0.117. The average Bonchev–Trinajstić information content (AvgIpc) is 2.70. The van der Waals surface area contributed by atoms with Crippen molar-refractivity contribution in [3.05, 3.63) is 45.6 Å². The molecule has 0 aliphatic carbocycles. The Hall–Kier alpha value is -1.81. The van der Waals surface area contributed by atoms with Gasteiger partial charge in [-0.1, -0.05) is 0 Å². The van der Waals surface area contributed by atoms with Crippen LogP contribution in [0.1, 0.15) is 21.5 Å². The van der Waals surface area contributed by atoms with Crippen LogP contribution in [0.3, 0.4) is 0 Å². The lowest BCUT2D eigenvalue weighted by atomic mass is 10.1. The number of carbonyl (C=O) groups is 1. The lowest BCUT2D eigenvalue weighted by Gasteiger charge is -2.06. The SMILES string of the molecule is Cc1cc(NC(=O)c2cscc2C)ccc1O. The van der Waals surface area contributed by atoms with Gasteiger partial charge in [-0.3, -0.25) is 4.79 Å². The van der Waals surface area contributed by atoms with Gasteiger partial charge in [0.15, 0.2) is 0 Å². The van der Waals surface area contributed by atoms with Crippen LogP contribution in [-0.4, -0.2) is 11.0 Å².